The molecule has 2 aromatic heterocycles. The number of fused-ring (bicyclic) bond motifs is 1. The van der Waals surface area contributed by atoms with Crippen LogP contribution in [0.4, 0.5) is 4.39 Å². The van der Waals surface area contributed by atoms with Gasteiger partial charge in [-0.05, 0) is 30.5 Å². The van der Waals surface area contributed by atoms with Gasteiger partial charge in [0.2, 0.25) is 5.88 Å². The third kappa shape index (κ3) is 4.94. The first kappa shape index (κ1) is 21.3. The molecule has 1 amide bonds. The first-order chi connectivity index (χ1) is 16.2. The maximum absolute atomic E-state index is 12.7. The van der Waals surface area contributed by atoms with Crippen LogP contribution in [0.5, 0.6) is 11.6 Å². The van der Waals surface area contributed by atoms with Crippen LogP contribution >= 0.6 is 0 Å². The van der Waals surface area contributed by atoms with Crippen molar-refractivity contribution < 1.29 is 18.7 Å². The lowest BCUT2D eigenvalue weighted by Gasteiger charge is -2.28. The smallest absolute Gasteiger partial charge is 0.253 e. The Kier molecular flexibility index (Phi) is 6.15. The molecule has 3 aromatic rings. The van der Waals surface area contributed by atoms with E-state index in [0.717, 1.165) is 28.3 Å². The highest BCUT2D eigenvalue weighted by Gasteiger charge is 2.27. The summed E-state index contributed by atoms with van der Waals surface area (Å²) < 4.78 is 23.5. The SMILES string of the molecule is O=C(N[C@@H]1COc2cccc(-c3cnc(C4CC4)nc3)c2C1)c1ccc(OCCCF)nc1. The summed E-state index contributed by atoms with van der Waals surface area (Å²) in [6.07, 6.45) is 8.50. The average molecular weight is 448 g/mol. The summed E-state index contributed by atoms with van der Waals surface area (Å²) in [6, 6.07) is 9.02. The number of amides is 1. The maximum Gasteiger partial charge on any atom is 0.253 e. The standard InChI is InChI=1S/C25H25FN4O3/c26-9-2-10-32-23-8-7-17(12-27-23)25(31)30-19-11-21-20(3-1-4-22(21)33-15-19)18-13-28-24(29-14-18)16-5-6-16/h1,3-4,7-8,12-14,16,19H,2,5-6,9-11,15H2,(H,30,31)/t19-/m0/s1. The zero-order valence-electron chi connectivity index (χ0n) is 18.2. The van der Waals surface area contributed by atoms with E-state index in [0.29, 0.717) is 36.8 Å². The van der Waals surface area contributed by atoms with Crippen LogP contribution in [-0.2, 0) is 6.42 Å². The van der Waals surface area contributed by atoms with Gasteiger partial charge in [0.15, 0.2) is 0 Å². The van der Waals surface area contributed by atoms with Crippen molar-refractivity contribution in [3.05, 3.63) is 65.9 Å². The third-order valence-corrected chi connectivity index (χ3v) is 5.81. The topological polar surface area (TPSA) is 86.2 Å². The maximum atomic E-state index is 12.7. The highest BCUT2D eigenvalue weighted by Crippen LogP contribution is 2.39. The number of pyridine rings is 1. The molecule has 1 saturated carbocycles. The number of carbonyl (C=O) groups excluding carboxylic acids is 1. The van der Waals surface area contributed by atoms with Gasteiger partial charge in [-0.15, -0.1) is 0 Å². The second-order valence-corrected chi connectivity index (χ2v) is 8.35. The molecule has 5 rings (SSSR count). The Morgan fingerprint density at radius 2 is 1.97 bits per heavy atom. The van der Waals surface area contributed by atoms with Crippen molar-refractivity contribution in [1.82, 2.24) is 20.3 Å². The van der Waals surface area contributed by atoms with E-state index in [1.807, 2.05) is 30.6 Å². The average Bonchev–Trinajstić information content (AvgIpc) is 3.70. The summed E-state index contributed by atoms with van der Waals surface area (Å²) in [6.45, 7) is 0.204. The predicted molar refractivity (Wildman–Crippen MR) is 120 cm³/mol. The monoisotopic (exact) mass is 448 g/mol. The normalized spacial score (nSPS) is 17.1. The lowest BCUT2D eigenvalue weighted by Crippen LogP contribution is -2.42. The molecule has 170 valence electrons. The summed E-state index contributed by atoms with van der Waals surface area (Å²) in [5.41, 5.74) is 3.42. The number of halogens is 1. The van der Waals surface area contributed by atoms with Gasteiger partial charge in [-0.2, -0.15) is 0 Å². The minimum atomic E-state index is -0.437. The van der Waals surface area contributed by atoms with Crippen molar-refractivity contribution in [1.29, 1.82) is 0 Å². The highest BCUT2D eigenvalue weighted by atomic mass is 19.1. The Bertz CT molecular complexity index is 1120. The van der Waals surface area contributed by atoms with Gasteiger partial charge in [-0.25, -0.2) is 15.0 Å². The molecule has 33 heavy (non-hydrogen) atoms. The molecule has 0 saturated heterocycles. The van der Waals surface area contributed by atoms with Gasteiger partial charge < -0.3 is 14.8 Å². The zero-order valence-corrected chi connectivity index (χ0v) is 18.2. The second-order valence-electron chi connectivity index (χ2n) is 8.35. The summed E-state index contributed by atoms with van der Waals surface area (Å²) in [5, 5.41) is 3.03. The minimum absolute atomic E-state index is 0.182. The van der Waals surface area contributed by atoms with Crippen molar-refractivity contribution in [3.8, 4) is 22.8 Å². The first-order valence-corrected chi connectivity index (χ1v) is 11.2. The van der Waals surface area contributed by atoms with Crippen LogP contribution in [0, 0.1) is 0 Å². The summed E-state index contributed by atoms with van der Waals surface area (Å²) in [4.78, 5) is 26.0. The number of ether oxygens (including phenoxy) is 2. The molecule has 3 heterocycles. The molecule has 0 spiro atoms. The number of rotatable bonds is 8. The second kappa shape index (κ2) is 9.52. The molecule has 1 aliphatic heterocycles. The third-order valence-electron chi connectivity index (χ3n) is 5.81. The summed E-state index contributed by atoms with van der Waals surface area (Å²) in [7, 11) is 0. The van der Waals surface area contributed by atoms with Crippen molar-refractivity contribution >= 4 is 5.91 Å². The van der Waals surface area contributed by atoms with Crippen molar-refractivity contribution in [2.24, 2.45) is 0 Å². The molecule has 1 fully saturated rings. The van der Waals surface area contributed by atoms with E-state index in [2.05, 4.69) is 20.3 Å². The van der Waals surface area contributed by atoms with Gasteiger partial charge in [0.25, 0.3) is 5.91 Å². The minimum Gasteiger partial charge on any atom is -0.491 e. The van der Waals surface area contributed by atoms with Crippen molar-refractivity contribution in [2.75, 3.05) is 19.9 Å². The Balaban J connectivity index is 1.26. The number of hydrogen-bond acceptors (Lipinski definition) is 6. The van der Waals surface area contributed by atoms with Crippen LogP contribution in [0.3, 0.4) is 0 Å². The number of nitrogens with zero attached hydrogens (tertiary/aromatic N) is 3. The Morgan fingerprint density at radius 3 is 2.70 bits per heavy atom. The van der Waals surface area contributed by atoms with Crippen molar-refractivity contribution in [3.63, 3.8) is 0 Å². The predicted octanol–water partition coefficient (Wildman–Crippen LogP) is 3.89. The molecular formula is C25H25FN4O3. The van der Waals surface area contributed by atoms with E-state index in [1.54, 1.807) is 12.1 Å². The summed E-state index contributed by atoms with van der Waals surface area (Å²) in [5.74, 6) is 2.38. The molecule has 1 N–H and O–H groups in total. The van der Waals surface area contributed by atoms with Crippen LogP contribution in [-0.4, -0.2) is 46.8 Å². The van der Waals surface area contributed by atoms with Gasteiger partial charge in [0, 0.05) is 54.5 Å². The quantitative estimate of drug-likeness (QED) is 0.526. The van der Waals surface area contributed by atoms with Crippen LogP contribution < -0.4 is 14.8 Å². The fraction of sp³-hybridized carbons (Fsp3) is 0.360. The van der Waals surface area contributed by atoms with Crippen LogP contribution in [0.15, 0.2) is 48.9 Å². The molecule has 8 heteroatoms. The van der Waals surface area contributed by atoms with Gasteiger partial charge >= 0.3 is 0 Å². The van der Waals surface area contributed by atoms with Crippen LogP contribution in [0.25, 0.3) is 11.1 Å². The number of benzene rings is 1. The molecule has 1 atom stereocenters. The Morgan fingerprint density at radius 1 is 1.12 bits per heavy atom. The number of hydrogen-bond donors (Lipinski definition) is 1. The first-order valence-electron chi connectivity index (χ1n) is 11.2. The molecule has 2 aliphatic rings. The number of aromatic nitrogens is 3. The van der Waals surface area contributed by atoms with E-state index in [-0.39, 0.29) is 18.6 Å². The van der Waals surface area contributed by atoms with E-state index in [9.17, 15) is 9.18 Å². The van der Waals surface area contributed by atoms with E-state index >= 15 is 0 Å². The molecular weight excluding hydrogens is 423 g/mol. The largest absolute Gasteiger partial charge is 0.491 e. The van der Waals surface area contributed by atoms with Crippen LogP contribution in [0.2, 0.25) is 0 Å². The van der Waals surface area contributed by atoms with Gasteiger partial charge in [-0.1, -0.05) is 12.1 Å². The number of carbonyl (C=O) groups is 1. The van der Waals surface area contributed by atoms with Gasteiger partial charge in [-0.3, -0.25) is 9.18 Å². The molecule has 7 nitrogen and oxygen atoms in total. The number of alkyl halides is 1. The summed E-state index contributed by atoms with van der Waals surface area (Å²) >= 11 is 0. The lowest BCUT2D eigenvalue weighted by atomic mass is 9.94. The molecule has 0 bridgehead atoms. The van der Waals surface area contributed by atoms with Gasteiger partial charge in [0.1, 0.15) is 18.2 Å². The number of nitrogens with one attached hydrogen (secondary N) is 1. The van der Waals surface area contributed by atoms with E-state index in [4.69, 9.17) is 9.47 Å². The molecule has 0 unspecified atom stereocenters. The lowest BCUT2D eigenvalue weighted by molar-refractivity contribution is 0.0915. The molecule has 0 radical (unpaired) electrons. The van der Waals surface area contributed by atoms with Crippen LogP contribution in [0.1, 0.15) is 46.9 Å². The fourth-order valence-corrected chi connectivity index (χ4v) is 3.90. The van der Waals surface area contributed by atoms with Gasteiger partial charge in [0.05, 0.1) is 24.9 Å². The Labute approximate surface area is 191 Å². The zero-order chi connectivity index (χ0) is 22.6. The highest BCUT2D eigenvalue weighted by molar-refractivity contribution is 5.94. The van der Waals surface area contributed by atoms with E-state index in [1.165, 1.54) is 19.0 Å². The Hall–Kier alpha value is -3.55. The fourth-order valence-electron chi connectivity index (χ4n) is 3.90. The van der Waals surface area contributed by atoms with Crippen molar-refractivity contribution in [2.45, 2.75) is 37.6 Å². The van der Waals surface area contributed by atoms with E-state index < -0.39 is 6.67 Å². The molecule has 1 aliphatic carbocycles. The molecule has 1 aromatic carbocycles.